The Morgan fingerprint density at radius 2 is 1.88 bits per heavy atom. The molecule has 0 heterocycles. The number of hydrogen-bond acceptors (Lipinski definition) is 4. The second kappa shape index (κ2) is 10.7. The molecule has 5 N–H and O–H groups in total. The first kappa shape index (κ1) is 21.8. The highest BCUT2D eigenvalue weighted by Crippen LogP contribution is 2.12. The van der Waals surface area contributed by atoms with Gasteiger partial charge in [0, 0.05) is 24.8 Å². The van der Waals surface area contributed by atoms with Gasteiger partial charge in [-0.15, -0.1) is 0 Å². The first-order valence-corrected chi connectivity index (χ1v) is 9.01. The second-order valence-electron chi connectivity index (χ2n) is 7.27. The molecule has 0 aliphatic rings. The maximum absolute atomic E-state index is 11.9. The molecule has 7 nitrogen and oxygen atoms in total. The maximum Gasteiger partial charge on any atom is 0.407 e. The van der Waals surface area contributed by atoms with Gasteiger partial charge in [-0.1, -0.05) is 18.2 Å². The highest BCUT2D eigenvalue weighted by atomic mass is 16.6. The van der Waals surface area contributed by atoms with Crippen molar-refractivity contribution >= 4 is 17.8 Å². The molecule has 0 bridgehead atoms. The number of amides is 3. The minimum Gasteiger partial charge on any atom is -0.444 e. The minimum absolute atomic E-state index is 0.134. The quantitative estimate of drug-likeness (QED) is 0.532. The van der Waals surface area contributed by atoms with Gasteiger partial charge in [-0.25, -0.2) is 9.59 Å². The Morgan fingerprint density at radius 3 is 2.50 bits per heavy atom. The van der Waals surface area contributed by atoms with Crippen LogP contribution in [0.5, 0.6) is 0 Å². The zero-order chi connectivity index (χ0) is 19.6. The first-order valence-electron chi connectivity index (χ1n) is 9.01. The Balaban J connectivity index is 2.21. The lowest BCUT2D eigenvalue weighted by Gasteiger charge is -2.23. The van der Waals surface area contributed by atoms with Gasteiger partial charge in [0.25, 0.3) is 0 Å². The van der Waals surface area contributed by atoms with Crippen LogP contribution in [0.1, 0.15) is 45.6 Å². The Hall–Kier alpha value is -2.28. The summed E-state index contributed by atoms with van der Waals surface area (Å²) in [5, 5.41) is 8.43. The van der Waals surface area contributed by atoms with Crippen LogP contribution in [0.3, 0.4) is 0 Å². The van der Waals surface area contributed by atoms with E-state index in [4.69, 9.17) is 10.5 Å². The Morgan fingerprint density at radius 1 is 1.19 bits per heavy atom. The molecule has 0 saturated heterocycles. The fraction of sp³-hybridized carbons (Fsp3) is 0.579. The van der Waals surface area contributed by atoms with E-state index in [1.54, 1.807) is 0 Å². The molecule has 0 aromatic heterocycles. The van der Waals surface area contributed by atoms with E-state index >= 15 is 0 Å². The smallest absolute Gasteiger partial charge is 0.407 e. The number of anilines is 1. The summed E-state index contributed by atoms with van der Waals surface area (Å²) in [7, 11) is 0. The van der Waals surface area contributed by atoms with E-state index in [9.17, 15) is 9.59 Å². The third-order valence-corrected chi connectivity index (χ3v) is 3.66. The molecule has 1 unspecified atom stereocenters. The van der Waals surface area contributed by atoms with Gasteiger partial charge in [-0.05, 0) is 58.6 Å². The third-order valence-electron chi connectivity index (χ3n) is 3.66. The van der Waals surface area contributed by atoms with E-state index in [1.807, 2.05) is 52.0 Å². The summed E-state index contributed by atoms with van der Waals surface area (Å²) in [5.74, 6) is 0. The Labute approximate surface area is 156 Å². The van der Waals surface area contributed by atoms with Crippen LogP contribution in [0.25, 0.3) is 0 Å². The first-order chi connectivity index (χ1) is 12.2. The lowest BCUT2D eigenvalue weighted by atomic mass is 10.1. The lowest BCUT2D eigenvalue weighted by Crippen LogP contribution is -2.43. The number of ether oxygens (including phenoxy) is 1. The molecule has 3 amide bonds. The van der Waals surface area contributed by atoms with Crippen LogP contribution >= 0.6 is 0 Å². The number of benzene rings is 1. The maximum atomic E-state index is 11.9. The summed E-state index contributed by atoms with van der Waals surface area (Å²) in [6.45, 7) is 8.30. The number of hydrogen-bond donors (Lipinski definition) is 4. The molecule has 146 valence electrons. The van der Waals surface area contributed by atoms with Gasteiger partial charge in [-0.2, -0.15) is 0 Å². The van der Waals surface area contributed by atoms with Crippen LogP contribution in [0.2, 0.25) is 0 Å². The van der Waals surface area contributed by atoms with Gasteiger partial charge >= 0.3 is 12.1 Å². The standard InChI is InChI=1S/C19H32N4O3/c1-14-9-5-6-11-16(14)23-17(24)21-12-8-7-10-15(13-20)22-18(25)26-19(2,3)4/h5-6,9,11,15H,7-8,10,12-13,20H2,1-4H3,(H,22,25)(H2,21,23,24). The van der Waals surface area contributed by atoms with Crippen LogP contribution in [-0.4, -0.2) is 36.9 Å². The zero-order valence-corrected chi connectivity index (χ0v) is 16.2. The van der Waals surface area contributed by atoms with E-state index in [1.165, 1.54) is 0 Å². The van der Waals surface area contributed by atoms with Crippen LogP contribution in [0.4, 0.5) is 15.3 Å². The summed E-state index contributed by atoms with van der Waals surface area (Å²) in [4.78, 5) is 23.6. The minimum atomic E-state index is -0.530. The summed E-state index contributed by atoms with van der Waals surface area (Å²) in [6, 6.07) is 7.26. The van der Waals surface area contributed by atoms with Crippen LogP contribution in [0, 0.1) is 6.92 Å². The molecule has 0 fully saturated rings. The van der Waals surface area contributed by atoms with E-state index in [0.717, 1.165) is 30.5 Å². The molecule has 0 saturated carbocycles. The highest BCUT2D eigenvalue weighted by Gasteiger charge is 2.18. The highest BCUT2D eigenvalue weighted by molar-refractivity contribution is 5.89. The fourth-order valence-electron chi connectivity index (χ4n) is 2.32. The molecule has 0 spiro atoms. The lowest BCUT2D eigenvalue weighted by molar-refractivity contribution is 0.0503. The largest absolute Gasteiger partial charge is 0.444 e. The van der Waals surface area contributed by atoms with Crippen molar-refractivity contribution in [3.63, 3.8) is 0 Å². The van der Waals surface area contributed by atoms with Gasteiger partial charge in [0.15, 0.2) is 0 Å². The van der Waals surface area contributed by atoms with E-state index in [0.29, 0.717) is 13.1 Å². The number of alkyl carbamates (subject to hydrolysis) is 1. The topological polar surface area (TPSA) is 105 Å². The molecule has 1 atom stereocenters. The number of para-hydroxylation sites is 1. The van der Waals surface area contributed by atoms with Crippen molar-refractivity contribution in [1.82, 2.24) is 10.6 Å². The van der Waals surface area contributed by atoms with Crippen molar-refractivity contribution in [3.05, 3.63) is 29.8 Å². The number of rotatable bonds is 8. The van der Waals surface area contributed by atoms with Gasteiger partial charge in [0.2, 0.25) is 0 Å². The second-order valence-corrected chi connectivity index (χ2v) is 7.27. The summed E-state index contributed by atoms with van der Waals surface area (Å²) in [6.07, 6.45) is 1.91. The number of nitrogens with one attached hydrogen (secondary N) is 3. The van der Waals surface area contributed by atoms with Crippen molar-refractivity contribution in [2.45, 2.75) is 58.6 Å². The normalized spacial score (nSPS) is 12.2. The van der Waals surface area contributed by atoms with E-state index < -0.39 is 11.7 Å². The molecule has 1 aromatic rings. The van der Waals surface area contributed by atoms with E-state index in [-0.39, 0.29) is 12.1 Å². The van der Waals surface area contributed by atoms with Crippen molar-refractivity contribution in [2.24, 2.45) is 5.73 Å². The fourth-order valence-corrected chi connectivity index (χ4v) is 2.32. The molecule has 26 heavy (non-hydrogen) atoms. The summed E-state index contributed by atoms with van der Waals surface area (Å²) >= 11 is 0. The van der Waals surface area contributed by atoms with Crippen LogP contribution in [-0.2, 0) is 4.74 Å². The summed E-state index contributed by atoms with van der Waals surface area (Å²) < 4.78 is 5.22. The van der Waals surface area contributed by atoms with Gasteiger partial charge in [0.05, 0.1) is 0 Å². The molecule has 0 aliphatic carbocycles. The predicted octanol–water partition coefficient (Wildman–Crippen LogP) is 3.14. The number of carbonyl (C=O) groups is 2. The molecular weight excluding hydrogens is 332 g/mol. The van der Waals surface area contributed by atoms with Crippen molar-refractivity contribution in [3.8, 4) is 0 Å². The van der Waals surface area contributed by atoms with Crippen molar-refractivity contribution in [1.29, 1.82) is 0 Å². The predicted molar refractivity (Wildman–Crippen MR) is 104 cm³/mol. The molecule has 7 heteroatoms. The number of aryl methyl sites for hydroxylation is 1. The number of nitrogens with two attached hydrogens (primary N) is 1. The molecule has 0 radical (unpaired) electrons. The summed E-state index contributed by atoms with van der Waals surface area (Å²) in [5.41, 5.74) is 6.98. The average Bonchev–Trinajstić information content (AvgIpc) is 2.53. The number of unbranched alkanes of at least 4 members (excludes halogenated alkanes) is 1. The molecular formula is C19H32N4O3. The Kier molecular flexibility index (Phi) is 8.92. The number of urea groups is 1. The number of carbonyl (C=O) groups excluding carboxylic acids is 2. The van der Waals surface area contributed by atoms with Crippen LogP contribution < -0.4 is 21.7 Å². The van der Waals surface area contributed by atoms with Crippen molar-refractivity contribution < 1.29 is 14.3 Å². The average molecular weight is 364 g/mol. The van der Waals surface area contributed by atoms with Gasteiger partial charge in [-0.3, -0.25) is 0 Å². The van der Waals surface area contributed by atoms with E-state index in [2.05, 4.69) is 16.0 Å². The third kappa shape index (κ3) is 9.27. The van der Waals surface area contributed by atoms with Gasteiger partial charge in [0.1, 0.15) is 5.60 Å². The zero-order valence-electron chi connectivity index (χ0n) is 16.2. The monoisotopic (exact) mass is 364 g/mol. The molecule has 1 rings (SSSR count). The van der Waals surface area contributed by atoms with Crippen LogP contribution in [0.15, 0.2) is 24.3 Å². The Bertz CT molecular complexity index is 584. The molecule has 1 aromatic carbocycles. The van der Waals surface area contributed by atoms with Crippen molar-refractivity contribution in [2.75, 3.05) is 18.4 Å². The molecule has 0 aliphatic heterocycles. The van der Waals surface area contributed by atoms with Gasteiger partial charge < -0.3 is 26.4 Å². The SMILES string of the molecule is Cc1ccccc1NC(=O)NCCCCC(CN)NC(=O)OC(C)(C)C.